The second-order valence-corrected chi connectivity index (χ2v) is 8.88. The third kappa shape index (κ3) is 4.13. The Balaban J connectivity index is 1.51. The molecule has 2 aromatic carbocycles. The highest BCUT2D eigenvalue weighted by Crippen LogP contribution is 2.30. The molecule has 0 saturated carbocycles. The number of carbonyl (C=O) groups excluding carboxylic acids is 1. The van der Waals surface area contributed by atoms with Crippen LogP contribution in [0.15, 0.2) is 89.3 Å². The normalized spacial score (nSPS) is 11.6. The van der Waals surface area contributed by atoms with Crippen molar-refractivity contribution in [1.29, 1.82) is 0 Å². The molecule has 1 amide bonds. The average molecular weight is 423 g/mol. The van der Waals surface area contributed by atoms with E-state index in [4.69, 9.17) is 0 Å². The minimum Gasteiger partial charge on any atom is -0.354 e. The summed E-state index contributed by atoms with van der Waals surface area (Å²) >= 11 is 0. The quantitative estimate of drug-likeness (QED) is 0.443. The minimum atomic E-state index is -3.69. The Bertz CT molecular complexity index is 1250. The highest BCUT2D eigenvalue weighted by atomic mass is 32.2. The van der Waals surface area contributed by atoms with Gasteiger partial charge in [-0.3, -0.25) is 4.79 Å². The summed E-state index contributed by atoms with van der Waals surface area (Å²) in [5, 5.41) is 3.50. The van der Waals surface area contributed by atoms with Crippen LogP contribution >= 0.6 is 0 Å². The Morgan fingerprint density at radius 1 is 1.03 bits per heavy atom. The van der Waals surface area contributed by atoms with E-state index in [1.165, 1.54) is 0 Å². The number of aromatic nitrogens is 3. The molecular weight excluding hydrogens is 400 g/mol. The molecule has 4 rings (SSSR count). The van der Waals surface area contributed by atoms with Crippen LogP contribution in [0.3, 0.4) is 0 Å². The molecule has 154 valence electrons. The van der Waals surface area contributed by atoms with E-state index in [0.29, 0.717) is 17.4 Å². The van der Waals surface area contributed by atoms with Crippen LogP contribution in [0.5, 0.6) is 0 Å². The topological polar surface area (TPSA) is 86.0 Å². The van der Waals surface area contributed by atoms with Crippen molar-refractivity contribution in [3.8, 4) is 0 Å². The monoisotopic (exact) mass is 422 g/mol. The Kier molecular flexibility index (Phi) is 5.67. The number of hydrogen-bond acceptors (Lipinski definition) is 4. The van der Waals surface area contributed by atoms with Crippen molar-refractivity contribution in [2.45, 2.75) is 29.3 Å². The van der Waals surface area contributed by atoms with Gasteiger partial charge in [-0.05, 0) is 24.6 Å². The molecule has 0 unspecified atom stereocenters. The van der Waals surface area contributed by atoms with E-state index in [0.717, 1.165) is 13.0 Å². The lowest BCUT2D eigenvalue weighted by Gasteiger charge is -2.07. The Morgan fingerprint density at radius 3 is 2.57 bits per heavy atom. The summed E-state index contributed by atoms with van der Waals surface area (Å²) in [4.78, 5) is 16.9. The molecule has 1 N–H and O–H groups in total. The maximum Gasteiger partial charge on any atom is 0.239 e. The molecule has 8 heteroatoms. The van der Waals surface area contributed by atoms with Gasteiger partial charge in [0.25, 0.3) is 0 Å². The smallest absolute Gasteiger partial charge is 0.239 e. The van der Waals surface area contributed by atoms with Crippen LogP contribution in [0.25, 0.3) is 10.9 Å². The predicted octanol–water partition coefficient (Wildman–Crippen LogP) is 2.88. The van der Waals surface area contributed by atoms with Gasteiger partial charge < -0.3 is 14.5 Å². The summed E-state index contributed by atoms with van der Waals surface area (Å²) in [6.07, 6.45) is 7.67. The number of aryl methyl sites for hydroxylation is 1. The van der Waals surface area contributed by atoms with Gasteiger partial charge in [0.1, 0.15) is 6.54 Å². The molecule has 7 nitrogen and oxygen atoms in total. The number of amides is 1. The van der Waals surface area contributed by atoms with E-state index in [1.54, 1.807) is 65.8 Å². The molecule has 0 aliphatic rings. The minimum absolute atomic E-state index is 0.0515. The van der Waals surface area contributed by atoms with Gasteiger partial charge in [-0.2, -0.15) is 0 Å². The molecule has 0 fully saturated rings. The van der Waals surface area contributed by atoms with Crippen molar-refractivity contribution in [3.63, 3.8) is 0 Å². The maximum atomic E-state index is 13.1. The summed E-state index contributed by atoms with van der Waals surface area (Å²) in [6.45, 7) is 1.35. The number of benzene rings is 2. The lowest BCUT2D eigenvalue weighted by molar-refractivity contribution is -0.121. The van der Waals surface area contributed by atoms with Crippen LogP contribution in [0, 0.1) is 0 Å². The van der Waals surface area contributed by atoms with Crippen molar-refractivity contribution in [3.05, 3.63) is 79.5 Å². The van der Waals surface area contributed by atoms with Crippen LogP contribution in [0.1, 0.15) is 6.42 Å². The number of sulfone groups is 1. The molecule has 2 heterocycles. The molecule has 0 saturated heterocycles. The second kappa shape index (κ2) is 8.54. The Hall–Kier alpha value is -3.39. The number of fused-ring (bicyclic) bond motifs is 1. The van der Waals surface area contributed by atoms with Gasteiger partial charge in [-0.1, -0.05) is 36.4 Å². The summed E-state index contributed by atoms with van der Waals surface area (Å²) in [7, 11) is -3.69. The van der Waals surface area contributed by atoms with Crippen LogP contribution in [-0.4, -0.2) is 35.0 Å². The number of rotatable bonds is 8. The molecule has 2 aromatic heterocycles. The van der Waals surface area contributed by atoms with Crippen molar-refractivity contribution in [2.24, 2.45) is 0 Å². The van der Waals surface area contributed by atoms with Gasteiger partial charge in [0.05, 0.1) is 16.1 Å². The van der Waals surface area contributed by atoms with Crippen LogP contribution < -0.4 is 5.32 Å². The van der Waals surface area contributed by atoms with Crippen molar-refractivity contribution in [2.75, 3.05) is 6.54 Å². The van der Waals surface area contributed by atoms with E-state index in [-0.39, 0.29) is 22.2 Å². The Morgan fingerprint density at radius 2 is 1.80 bits per heavy atom. The summed E-state index contributed by atoms with van der Waals surface area (Å²) in [5.41, 5.74) is 0.709. The van der Waals surface area contributed by atoms with Gasteiger partial charge in [-0.15, -0.1) is 0 Å². The average Bonchev–Trinajstić information content (AvgIpc) is 3.41. The first kappa shape index (κ1) is 19.9. The Labute approximate surface area is 174 Å². The number of hydrogen-bond donors (Lipinski definition) is 1. The molecule has 0 bridgehead atoms. The molecule has 0 radical (unpaired) electrons. The van der Waals surface area contributed by atoms with E-state index < -0.39 is 9.84 Å². The molecule has 0 aliphatic heterocycles. The lowest BCUT2D eigenvalue weighted by atomic mass is 10.2. The largest absolute Gasteiger partial charge is 0.354 e. The standard InChI is InChI=1S/C22H22N4O3S/c27-22(24-11-6-13-25-14-12-23-17-25)16-26-15-21(19-9-4-5-10-20(19)26)30(28,29)18-7-2-1-3-8-18/h1-5,7-10,12,14-15,17H,6,11,13,16H2,(H,24,27). The van der Waals surface area contributed by atoms with Gasteiger partial charge in [0.2, 0.25) is 15.7 Å². The third-order valence-electron chi connectivity index (χ3n) is 4.88. The fourth-order valence-corrected chi connectivity index (χ4v) is 4.90. The van der Waals surface area contributed by atoms with Crippen molar-refractivity contribution >= 4 is 26.6 Å². The molecule has 30 heavy (non-hydrogen) atoms. The van der Waals surface area contributed by atoms with E-state index in [9.17, 15) is 13.2 Å². The maximum absolute atomic E-state index is 13.1. The van der Waals surface area contributed by atoms with E-state index in [2.05, 4.69) is 10.3 Å². The zero-order valence-corrected chi connectivity index (χ0v) is 17.1. The zero-order chi connectivity index (χ0) is 21.0. The SMILES string of the molecule is O=C(Cn1cc(S(=O)(=O)c2ccccc2)c2ccccc21)NCCCn1ccnc1. The highest BCUT2D eigenvalue weighted by Gasteiger charge is 2.23. The van der Waals surface area contributed by atoms with Crippen molar-refractivity contribution < 1.29 is 13.2 Å². The number of nitrogens with one attached hydrogen (secondary N) is 1. The van der Waals surface area contributed by atoms with Gasteiger partial charge in [0.15, 0.2) is 0 Å². The number of para-hydroxylation sites is 1. The number of carbonyl (C=O) groups is 1. The lowest BCUT2D eigenvalue weighted by Crippen LogP contribution is -2.28. The predicted molar refractivity (Wildman–Crippen MR) is 114 cm³/mol. The summed E-state index contributed by atoms with van der Waals surface area (Å²) in [6, 6.07) is 15.6. The third-order valence-corrected chi connectivity index (χ3v) is 6.68. The van der Waals surface area contributed by atoms with Crippen LogP contribution in [0.2, 0.25) is 0 Å². The summed E-state index contributed by atoms with van der Waals surface area (Å²) in [5.74, 6) is -0.162. The van der Waals surface area contributed by atoms with Crippen LogP contribution in [0.4, 0.5) is 0 Å². The first-order chi connectivity index (χ1) is 14.6. The van der Waals surface area contributed by atoms with Gasteiger partial charge >= 0.3 is 0 Å². The van der Waals surface area contributed by atoms with Crippen LogP contribution in [-0.2, 0) is 27.7 Å². The fourth-order valence-electron chi connectivity index (χ4n) is 3.40. The summed E-state index contributed by atoms with van der Waals surface area (Å²) < 4.78 is 29.9. The molecule has 0 aliphatic carbocycles. The molecule has 0 atom stereocenters. The fraction of sp³-hybridized carbons (Fsp3) is 0.182. The van der Waals surface area contributed by atoms with Gasteiger partial charge in [-0.25, -0.2) is 13.4 Å². The van der Waals surface area contributed by atoms with Gasteiger partial charge in [0, 0.05) is 42.6 Å². The zero-order valence-electron chi connectivity index (χ0n) is 16.3. The highest BCUT2D eigenvalue weighted by molar-refractivity contribution is 7.91. The molecule has 0 spiro atoms. The van der Waals surface area contributed by atoms with E-state index in [1.807, 2.05) is 22.9 Å². The first-order valence-electron chi connectivity index (χ1n) is 9.66. The van der Waals surface area contributed by atoms with E-state index >= 15 is 0 Å². The molecule has 4 aromatic rings. The number of nitrogens with zero attached hydrogens (tertiary/aromatic N) is 3. The number of imidazole rings is 1. The molecular formula is C22H22N4O3S. The second-order valence-electron chi connectivity index (χ2n) is 6.96. The first-order valence-corrected chi connectivity index (χ1v) is 11.1. The van der Waals surface area contributed by atoms with Crippen molar-refractivity contribution in [1.82, 2.24) is 19.4 Å².